The van der Waals surface area contributed by atoms with Crippen LogP contribution in [0.4, 0.5) is 0 Å². The molecule has 47 heavy (non-hydrogen) atoms. The Labute approximate surface area is 269 Å². The first-order valence-corrected chi connectivity index (χ1v) is 14.7. The zero-order valence-electron chi connectivity index (χ0n) is 25.4. The van der Waals surface area contributed by atoms with Crippen molar-refractivity contribution in [2.24, 2.45) is 17.6 Å². The monoisotopic (exact) mass is 631 g/mol. The highest BCUT2D eigenvalue weighted by Crippen LogP contribution is 2.52. The Morgan fingerprint density at radius 2 is 1.40 bits per heavy atom. The number of carbonyl (C=O) groups excluding carboxylic acids is 3. The van der Waals surface area contributed by atoms with Gasteiger partial charge in [0.25, 0.3) is 5.91 Å². The van der Waals surface area contributed by atoms with Crippen LogP contribution in [0.25, 0.3) is 0 Å². The molecular formula is C37H29NO9. The Morgan fingerprint density at radius 1 is 0.851 bits per heavy atom. The number of primary amides is 1. The predicted molar refractivity (Wildman–Crippen MR) is 169 cm³/mol. The van der Waals surface area contributed by atoms with E-state index in [2.05, 4.69) is 23.7 Å². The number of ether oxygens (including phenoxy) is 2. The summed E-state index contributed by atoms with van der Waals surface area (Å²) in [5.74, 6) is 6.30. The SMILES string of the molecule is COc1ccc(C#Cc2cc(C#Cc3ccc(OC)cc3)c3c(c2O)C(=O)C2=C(O)[C@]4(O)C(=O)C(C(N)=O)=C(O)C[C@@H]4C[C@@H]2C3)cc1. The van der Waals surface area contributed by atoms with E-state index in [4.69, 9.17) is 15.2 Å². The van der Waals surface area contributed by atoms with Gasteiger partial charge < -0.3 is 35.6 Å². The number of phenols is 1. The molecule has 0 bridgehead atoms. The van der Waals surface area contributed by atoms with Crippen molar-refractivity contribution in [2.45, 2.75) is 24.9 Å². The van der Waals surface area contributed by atoms with Crippen molar-refractivity contribution in [3.05, 3.63) is 111 Å². The van der Waals surface area contributed by atoms with Gasteiger partial charge in [-0.1, -0.05) is 23.7 Å². The smallest absolute Gasteiger partial charge is 0.255 e. The first kappa shape index (κ1) is 31.0. The van der Waals surface area contributed by atoms with Gasteiger partial charge in [-0.3, -0.25) is 14.4 Å². The van der Waals surface area contributed by atoms with E-state index in [9.17, 15) is 34.8 Å². The van der Waals surface area contributed by atoms with Gasteiger partial charge in [0.15, 0.2) is 11.4 Å². The molecule has 10 nitrogen and oxygen atoms in total. The Bertz CT molecular complexity index is 2050. The van der Waals surface area contributed by atoms with Crippen molar-refractivity contribution in [1.82, 2.24) is 0 Å². The third-order valence-electron chi connectivity index (χ3n) is 8.92. The van der Waals surface area contributed by atoms with Crippen molar-refractivity contribution in [1.29, 1.82) is 0 Å². The van der Waals surface area contributed by atoms with Crippen LogP contribution in [0.3, 0.4) is 0 Å². The zero-order chi connectivity index (χ0) is 33.6. The van der Waals surface area contributed by atoms with Gasteiger partial charge in [0.2, 0.25) is 5.78 Å². The Morgan fingerprint density at radius 3 is 1.94 bits per heavy atom. The Hall–Kier alpha value is -5.97. The van der Waals surface area contributed by atoms with Crippen LogP contribution < -0.4 is 15.2 Å². The normalized spacial score (nSPS) is 21.3. The number of hydrogen-bond acceptors (Lipinski definition) is 9. The molecular weight excluding hydrogens is 602 g/mol. The molecule has 0 saturated heterocycles. The van der Waals surface area contributed by atoms with Crippen LogP contribution in [0, 0.1) is 35.5 Å². The van der Waals surface area contributed by atoms with Gasteiger partial charge in [-0.2, -0.15) is 0 Å². The van der Waals surface area contributed by atoms with Crippen molar-refractivity contribution < 1.29 is 44.3 Å². The lowest BCUT2D eigenvalue weighted by atomic mass is 9.60. The number of aliphatic hydroxyl groups is 3. The van der Waals surface area contributed by atoms with Gasteiger partial charge in [-0.25, -0.2) is 0 Å². The van der Waals surface area contributed by atoms with Crippen LogP contribution in [-0.2, 0) is 16.0 Å². The lowest BCUT2D eigenvalue weighted by molar-refractivity contribution is -0.144. The van der Waals surface area contributed by atoms with Gasteiger partial charge >= 0.3 is 0 Å². The molecule has 3 aromatic rings. The van der Waals surface area contributed by atoms with Crippen molar-refractivity contribution in [3.63, 3.8) is 0 Å². The number of aromatic hydroxyl groups is 1. The maximum Gasteiger partial charge on any atom is 0.255 e. The number of aliphatic hydroxyl groups excluding tert-OH is 2. The summed E-state index contributed by atoms with van der Waals surface area (Å²) in [5, 5.41) is 44.9. The van der Waals surface area contributed by atoms with Crippen LogP contribution in [0.15, 0.2) is 77.3 Å². The van der Waals surface area contributed by atoms with Gasteiger partial charge in [0.1, 0.15) is 34.3 Å². The number of rotatable bonds is 3. The molecule has 0 saturated carbocycles. The number of allylic oxidation sites excluding steroid dienone is 2. The van der Waals surface area contributed by atoms with Crippen LogP contribution in [-0.4, -0.2) is 57.7 Å². The summed E-state index contributed by atoms with van der Waals surface area (Å²) in [7, 11) is 3.10. The summed E-state index contributed by atoms with van der Waals surface area (Å²) < 4.78 is 10.4. The van der Waals surface area contributed by atoms with E-state index in [-0.39, 0.29) is 36.0 Å². The molecule has 0 spiro atoms. The summed E-state index contributed by atoms with van der Waals surface area (Å²) in [6, 6.07) is 15.6. The molecule has 6 rings (SSSR count). The number of benzene rings is 3. The molecule has 3 aromatic carbocycles. The number of methoxy groups -OCH3 is 2. The van der Waals surface area contributed by atoms with Crippen LogP contribution in [0.2, 0.25) is 0 Å². The molecule has 0 radical (unpaired) electrons. The summed E-state index contributed by atoms with van der Waals surface area (Å²) in [4.78, 5) is 39.4. The van der Waals surface area contributed by atoms with Gasteiger partial charge in [-0.05, 0) is 78.9 Å². The third-order valence-corrected chi connectivity index (χ3v) is 8.92. The average Bonchev–Trinajstić information content (AvgIpc) is 3.05. The van der Waals surface area contributed by atoms with Crippen molar-refractivity contribution >= 4 is 17.5 Å². The molecule has 3 aliphatic carbocycles. The molecule has 10 heteroatoms. The van der Waals surface area contributed by atoms with Crippen molar-refractivity contribution in [3.8, 4) is 40.9 Å². The lowest BCUT2D eigenvalue weighted by Crippen LogP contribution is -2.57. The van der Waals surface area contributed by atoms with Gasteiger partial charge in [0, 0.05) is 34.6 Å². The fourth-order valence-corrected chi connectivity index (χ4v) is 6.52. The molecule has 6 N–H and O–H groups in total. The number of amides is 1. The second kappa shape index (κ2) is 11.8. The van der Waals surface area contributed by atoms with E-state index in [1.54, 1.807) is 68.8 Å². The van der Waals surface area contributed by atoms with Gasteiger partial charge in [-0.15, -0.1) is 0 Å². The molecule has 0 unspecified atom stereocenters. The lowest BCUT2D eigenvalue weighted by Gasteiger charge is -2.45. The molecule has 3 aliphatic rings. The summed E-state index contributed by atoms with van der Waals surface area (Å²) in [5.41, 5.74) is 3.57. The first-order chi connectivity index (χ1) is 22.5. The minimum absolute atomic E-state index is 0.00799. The molecule has 3 atom stereocenters. The maximum absolute atomic E-state index is 14.2. The molecule has 236 valence electrons. The highest BCUT2D eigenvalue weighted by atomic mass is 16.5. The number of hydrogen-bond donors (Lipinski definition) is 5. The molecule has 1 amide bonds. The van der Waals surface area contributed by atoms with Crippen LogP contribution >= 0.6 is 0 Å². The van der Waals surface area contributed by atoms with E-state index >= 15 is 0 Å². The van der Waals surface area contributed by atoms with Gasteiger partial charge in [0.05, 0.1) is 25.3 Å². The fraction of sp³-hybridized carbons (Fsp3) is 0.216. The summed E-state index contributed by atoms with van der Waals surface area (Å²) in [6.45, 7) is 0. The second-order valence-electron chi connectivity index (χ2n) is 11.5. The highest BCUT2D eigenvalue weighted by Gasteiger charge is 2.59. The number of carbonyl (C=O) groups is 3. The molecule has 0 fully saturated rings. The maximum atomic E-state index is 14.2. The zero-order valence-corrected chi connectivity index (χ0v) is 25.4. The number of fused-ring (bicyclic) bond motifs is 3. The topological polar surface area (TPSA) is 177 Å². The quantitative estimate of drug-likeness (QED) is 0.214. The first-order valence-electron chi connectivity index (χ1n) is 14.7. The molecule has 0 aromatic heterocycles. The average molecular weight is 632 g/mol. The second-order valence-corrected chi connectivity index (χ2v) is 11.5. The molecule has 0 aliphatic heterocycles. The predicted octanol–water partition coefficient (Wildman–Crippen LogP) is 3.40. The largest absolute Gasteiger partial charge is 0.511 e. The van der Waals surface area contributed by atoms with E-state index in [0.29, 0.717) is 33.8 Å². The van der Waals surface area contributed by atoms with E-state index in [0.717, 1.165) is 0 Å². The number of Topliss-reactive ketones (excluding diaryl/α,β-unsaturated/α-hetero) is 2. The number of nitrogens with two attached hydrogens (primary N) is 1. The minimum Gasteiger partial charge on any atom is -0.511 e. The van der Waals surface area contributed by atoms with E-state index < -0.39 is 57.8 Å². The Balaban J connectivity index is 1.51. The fourth-order valence-electron chi connectivity index (χ4n) is 6.52. The van der Waals surface area contributed by atoms with Crippen LogP contribution in [0.5, 0.6) is 17.2 Å². The van der Waals surface area contributed by atoms with Crippen molar-refractivity contribution in [2.75, 3.05) is 14.2 Å². The summed E-state index contributed by atoms with van der Waals surface area (Å²) in [6.07, 6.45) is -0.195. The van der Waals surface area contributed by atoms with Crippen LogP contribution in [0.1, 0.15) is 51.0 Å². The van der Waals surface area contributed by atoms with E-state index in [1.807, 2.05) is 0 Å². The minimum atomic E-state index is -2.66. The number of phenolic OH excluding ortho intramolecular Hbond substituents is 1. The molecule has 0 heterocycles. The van der Waals surface area contributed by atoms with E-state index in [1.165, 1.54) is 0 Å². The number of ketones is 2. The standard InChI is InChI=1S/C37H29NO9/c1-46-25-11-5-19(6-12-25)3-9-21-15-22(10-4-20-7-13-26(47-2)14-8-20)32(40)30-27(21)17-23-16-24-18-28(39)31(36(38)44)35(43)37(24,45)34(42)29(23)33(30)41/h5-8,11-15,23-24,39-40,42,45H,16-18H2,1-2H3,(H2,38,44)/t23-,24+,37+/m1/s1. The Kier molecular flexibility index (Phi) is 7.76. The third kappa shape index (κ3) is 5.15. The summed E-state index contributed by atoms with van der Waals surface area (Å²) >= 11 is 0. The highest BCUT2D eigenvalue weighted by molar-refractivity contribution is 6.24.